The van der Waals surface area contributed by atoms with Gasteiger partial charge in [0.15, 0.2) is 11.6 Å². The quantitative estimate of drug-likeness (QED) is 0.599. The number of carbonyl (C=O) groups is 1. The van der Waals surface area contributed by atoms with E-state index in [0.717, 1.165) is 31.8 Å². The molecule has 2 unspecified atom stereocenters. The van der Waals surface area contributed by atoms with E-state index in [1.165, 1.54) is 12.5 Å². The molecule has 1 aromatic heterocycles. The summed E-state index contributed by atoms with van der Waals surface area (Å²) in [4.78, 5) is 30.0. The van der Waals surface area contributed by atoms with Crippen LogP contribution in [0.25, 0.3) is 0 Å². The second-order valence-electron chi connectivity index (χ2n) is 8.51. The lowest BCUT2D eigenvalue weighted by Gasteiger charge is -2.15. The van der Waals surface area contributed by atoms with Crippen LogP contribution in [-0.4, -0.2) is 39.1 Å². The van der Waals surface area contributed by atoms with Crippen molar-refractivity contribution in [2.75, 3.05) is 13.1 Å². The van der Waals surface area contributed by atoms with Crippen LogP contribution in [0.3, 0.4) is 0 Å². The Labute approximate surface area is 189 Å². The van der Waals surface area contributed by atoms with Gasteiger partial charge in [-0.25, -0.2) is 8.78 Å². The highest BCUT2D eigenvalue weighted by atomic mass is 19.2. The van der Waals surface area contributed by atoms with Crippen LogP contribution in [0, 0.1) is 24.5 Å². The summed E-state index contributed by atoms with van der Waals surface area (Å²) in [6.07, 6.45) is 0. The number of nitrogens with zero attached hydrogens (tertiary/aromatic N) is 3. The average molecular weight is 453 g/mol. The highest BCUT2D eigenvalue weighted by Crippen LogP contribution is 2.30. The van der Waals surface area contributed by atoms with Gasteiger partial charge >= 0.3 is 0 Å². The van der Waals surface area contributed by atoms with Crippen molar-refractivity contribution < 1.29 is 13.6 Å². The molecular formula is C24H25F2N5O2. The van der Waals surface area contributed by atoms with Crippen molar-refractivity contribution in [1.82, 2.24) is 25.4 Å². The van der Waals surface area contributed by atoms with Gasteiger partial charge in [0.25, 0.3) is 11.5 Å². The molecular weight excluding hydrogens is 428 g/mol. The number of likely N-dealkylation sites (tertiary alicyclic amines) is 1. The predicted octanol–water partition coefficient (Wildman–Crippen LogP) is 2.92. The standard InChI is InChI=1S/C24H25F2N5O2/c1-14-8-19(25)20(26)9-17(14)23(32)27-10-21-24(33)28-22(30-29-21)18-13-31(11-15(18)2)12-16-6-4-3-5-7-16/h3-9,15,18H,10-13H2,1-2H3,(H,27,32)(H,28,30,33). The van der Waals surface area contributed by atoms with Crippen LogP contribution in [0.2, 0.25) is 0 Å². The van der Waals surface area contributed by atoms with Crippen molar-refractivity contribution in [1.29, 1.82) is 0 Å². The smallest absolute Gasteiger partial charge is 0.274 e. The van der Waals surface area contributed by atoms with E-state index in [0.29, 0.717) is 11.7 Å². The van der Waals surface area contributed by atoms with Crippen LogP contribution in [0.15, 0.2) is 47.3 Å². The number of aromatic nitrogens is 3. The van der Waals surface area contributed by atoms with E-state index in [-0.39, 0.29) is 29.3 Å². The Morgan fingerprint density at radius 3 is 2.61 bits per heavy atom. The molecule has 1 saturated heterocycles. The first kappa shape index (κ1) is 22.7. The highest BCUT2D eigenvalue weighted by molar-refractivity contribution is 5.95. The molecule has 2 aromatic carbocycles. The van der Waals surface area contributed by atoms with Crippen LogP contribution in [0.1, 0.15) is 45.8 Å². The molecule has 0 radical (unpaired) electrons. The number of halogens is 2. The fraction of sp³-hybridized carbons (Fsp3) is 0.333. The Bertz CT molecular complexity index is 1220. The SMILES string of the molecule is Cc1cc(F)c(F)cc1C(=O)NCc1nnc(C2CN(Cc3ccccc3)CC2C)[nH]c1=O. The van der Waals surface area contributed by atoms with Gasteiger partial charge < -0.3 is 10.3 Å². The number of H-pyrrole nitrogens is 1. The molecule has 2 heterocycles. The summed E-state index contributed by atoms with van der Waals surface area (Å²) in [7, 11) is 0. The zero-order valence-corrected chi connectivity index (χ0v) is 18.4. The van der Waals surface area contributed by atoms with Gasteiger partial charge in [0.1, 0.15) is 11.5 Å². The maximum atomic E-state index is 13.5. The summed E-state index contributed by atoms with van der Waals surface area (Å²) >= 11 is 0. The Hall–Kier alpha value is -3.46. The lowest BCUT2D eigenvalue weighted by Crippen LogP contribution is -2.30. The molecule has 1 aliphatic rings. The minimum Gasteiger partial charge on any atom is -0.346 e. The first-order valence-corrected chi connectivity index (χ1v) is 10.8. The van der Waals surface area contributed by atoms with E-state index in [1.807, 2.05) is 18.2 Å². The zero-order chi connectivity index (χ0) is 23.5. The van der Waals surface area contributed by atoms with Crippen molar-refractivity contribution in [3.8, 4) is 0 Å². The third-order valence-corrected chi connectivity index (χ3v) is 6.00. The molecule has 1 fully saturated rings. The molecule has 0 aliphatic carbocycles. The zero-order valence-electron chi connectivity index (χ0n) is 18.4. The summed E-state index contributed by atoms with van der Waals surface area (Å²) in [6.45, 7) is 5.91. The lowest BCUT2D eigenvalue weighted by atomic mass is 9.97. The molecule has 3 aromatic rings. The van der Waals surface area contributed by atoms with Gasteiger partial charge in [-0.2, -0.15) is 0 Å². The molecule has 33 heavy (non-hydrogen) atoms. The second-order valence-corrected chi connectivity index (χ2v) is 8.51. The molecule has 2 atom stereocenters. The maximum absolute atomic E-state index is 13.5. The second kappa shape index (κ2) is 9.58. The van der Waals surface area contributed by atoms with Crippen molar-refractivity contribution in [2.45, 2.75) is 32.9 Å². The molecule has 172 valence electrons. The van der Waals surface area contributed by atoms with Gasteiger partial charge in [-0.1, -0.05) is 37.3 Å². The molecule has 1 amide bonds. The monoisotopic (exact) mass is 453 g/mol. The van der Waals surface area contributed by atoms with Crippen molar-refractivity contribution in [3.63, 3.8) is 0 Å². The normalized spacial score (nSPS) is 18.4. The average Bonchev–Trinajstić information content (AvgIpc) is 3.15. The van der Waals surface area contributed by atoms with E-state index in [4.69, 9.17) is 0 Å². The van der Waals surface area contributed by atoms with Gasteiger partial charge in [0, 0.05) is 31.1 Å². The molecule has 0 saturated carbocycles. The van der Waals surface area contributed by atoms with Crippen LogP contribution in [0.5, 0.6) is 0 Å². The summed E-state index contributed by atoms with van der Waals surface area (Å²) in [5.41, 5.74) is 1.12. The molecule has 0 spiro atoms. The Kier molecular flexibility index (Phi) is 6.60. The van der Waals surface area contributed by atoms with Gasteiger partial charge in [-0.3, -0.25) is 14.5 Å². The lowest BCUT2D eigenvalue weighted by molar-refractivity contribution is 0.0949. The first-order valence-electron chi connectivity index (χ1n) is 10.8. The topological polar surface area (TPSA) is 91.0 Å². The number of aromatic amines is 1. The van der Waals surface area contributed by atoms with Crippen LogP contribution < -0.4 is 10.9 Å². The summed E-state index contributed by atoms with van der Waals surface area (Å²) < 4.78 is 26.8. The third kappa shape index (κ3) is 5.14. The van der Waals surface area contributed by atoms with E-state index in [9.17, 15) is 18.4 Å². The number of amides is 1. The molecule has 0 bridgehead atoms. The molecule has 9 heteroatoms. The number of benzene rings is 2. The molecule has 1 aliphatic heterocycles. The van der Waals surface area contributed by atoms with E-state index in [2.05, 4.69) is 44.5 Å². The van der Waals surface area contributed by atoms with Crippen LogP contribution in [-0.2, 0) is 13.1 Å². The number of aryl methyl sites for hydroxylation is 1. The van der Waals surface area contributed by atoms with Crippen molar-refractivity contribution >= 4 is 5.91 Å². The number of nitrogens with one attached hydrogen (secondary N) is 2. The third-order valence-electron chi connectivity index (χ3n) is 6.00. The Morgan fingerprint density at radius 1 is 1.15 bits per heavy atom. The largest absolute Gasteiger partial charge is 0.346 e. The Balaban J connectivity index is 1.40. The van der Waals surface area contributed by atoms with Crippen molar-refractivity contribution in [2.24, 2.45) is 5.92 Å². The van der Waals surface area contributed by atoms with Gasteiger partial charge in [0.2, 0.25) is 0 Å². The summed E-state index contributed by atoms with van der Waals surface area (Å²) in [5.74, 6) is -1.90. The highest BCUT2D eigenvalue weighted by Gasteiger charge is 2.33. The van der Waals surface area contributed by atoms with E-state index >= 15 is 0 Å². The molecule has 4 rings (SSSR count). The minimum atomic E-state index is -1.11. The maximum Gasteiger partial charge on any atom is 0.274 e. The van der Waals surface area contributed by atoms with Crippen LogP contribution in [0.4, 0.5) is 8.78 Å². The predicted molar refractivity (Wildman–Crippen MR) is 119 cm³/mol. The Morgan fingerprint density at radius 2 is 1.88 bits per heavy atom. The first-order chi connectivity index (χ1) is 15.8. The van der Waals surface area contributed by atoms with Gasteiger partial charge in [-0.05, 0) is 36.1 Å². The summed E-state index contributed by atoms with van der Waals surface area (Å²) in [6, 6.07) is 12.0. The summed E-state index contributed by atoms with van der Waals surface area (Å²) in [5, 5.41) is 10.8. The fourth-order valence-electron chi connectivity index (χ4n) is 4.20. The van der Waals surface area contributed by atoms with Gasteiger partial charge in [-0.15, -0.1) is 10.2 Å². The molecule has 7 nitrogen and oxygen atoms in total. The van der Waals surface area contributed by atoms with E-state index < -0.39 is 23.1 Å². The minimum absolute atomic E-state index is 0.00630. The number of rotatable bonds is 6. The number of hydrogen-bond acceptors (Lipinski definition) is 5. The number of hydrogen-bond donors (Lipinski definition) is 2. The van der Waals surface area contributed by atoms with Crippen molar-refractivity contribution in [3.05, 3.63) is 92.7 Å². The van der Waals surface area contributed by atoms with Crippen LogP contribution >= 0.6 is 0 Å². The fourth-order valence-corrected chi connectivity index (χ4v) is 4.20. The van der Waals surface area contributed by atoms with E-state index in [1.54, 1.807) is 0 Å². The number of carbonyl (C=O) groups excluding carboxylic acids is 1. The molecule has 2 N–H and O–H groups in total. The van der Waals surface area contributed by atoms with Gasteiger partial charge in [0.05, 0.1) is 6.54 Å².